The molecule has 1 atom stereocenters. The standard InChI is InChI=1S/C19H30N4O/c1-3-4-10-19(20-21-19)11-7-18(24)23-12-5-6-17(23)15-22-13-8-16(2)9-14-22/h1,16-17H,4-15H2,2H3. The maximum absolute atomic E-state index is 12.7. The number of hydrogen-bond donors (Lipinski definition) is 0. The zero-order valence-electron chi connectivity index (χ0n) is 14.9. The highest BCUT2D eigenvalue weighted by Crippen LogP contribution is 2.38. The summed E-state index contributed by atoms with van der Waals surface area (Å²) in [7, 11) is 0. The zero-order chi connectivity index (χ0) is 17.0. The van der Waals surface area contributed by atoms with Crippen LogP contribution in [0.3, 0.4) is 0 Å². The molecule has 0 aromatic heterocycles. The summed E-state index contributed by atoms with van der Waals surface area (Å²) in [6, 6.07) is 0.403. The van der Waals surface area contributed by atoms with E-state index >= 15 is 0 Å². The van der Waals surface area contributed by atoms with E-state index in [2.05, 4.69) is 32.9 Å². The molecule has 5 heteroatoms. The SMILES string of the molecule is C#CCCC1(CCC(=O)N2CCCC2CN2CCC(C)CC2)N=N1. The monoisotopic (exact) mass is 330 g/mol. The Hall–Kier alpha value is -1.41. The van der Waals surface area contributed by atoms with Crippen molar-refractivity contribution in [2.24, 2.45) is 16.1 Å². The summed E-state index contributed by atoms with van der Waals surface area (Å²) < 4.78 is 0. The minimum atomic E-state index is -0.333. The molecule has 3 rings (SSSR count). The Morgan fingerprint density at radius 2 is 1.96 bits per heavy atom. The molecule has 0 aromatic rings. The highest BCUT2D eigenvalue weighted by Gasteiger charge is 2.40. The molecular formula is C19H30N4O. The number of rotatable bonds is 7. The van der Waals surface area contributed by atoms with Crippen LogP contribution in [0.15, 0.2) is 10.2 Å². The van der Waals surface area contributed by atoms with Crippen molar-refractivity contribution in [3.63, 3.8) is 0 Å². The summed E-state index contributed by atoms with van der Waals surface area (Å²) in [4.78, 5) is 17.4. The molecule has 5 nitrogen and oxygen atoms in total. The van der Waals surface area contributed by atoms with E-state index in [9.17, 15) is 4.79 Å². The lowest BCUT2D eigenvalue weighted by atomic mass is 9.98. The second kappa shape index (κ2) is 7.65. The van der Waals surface area contributed by atoms with Crippen LogP contribution >= 0.6 is 0 Å². The van der Waals surface area contributed by atoms with E-state index in [0.29, 0.717) is 18.9 Å². The number of nitrogens with zero attached hydrogens (tertiary/aromatic N) is 4. The van der Waals surface area contributed by atoms with Crippen molar-refractivity contribution >= 4 is 5.91 Å². The van der Waals surface area contributed by atoms with Gasteiger partial charge in [0.1, 0.15) is 0 Å². The molecule has 3 aliphatic heterocycles. The quantitative estimate of drug-likeness (QED) is 0.674. The molecule has 0 aliphatic carbocycles. The van der Waals surface area contributed by atoms with Crippen LogP contribution in [0, 0.1) is 18.3 Å². The Morgan fingerprint density at radius 1 is 1.21 bits per heavy atom. The Bertz CT molecular complexity index is 510. The highest BCUT2D eigenvalue weighted by atomic mass is 16.2. The Morgan fingerprint density at radius 3 is 2.62 bits per heavy atom. The molecule has 24 heavy (non-hydrogen) atoms. The largest absolute Gasteiger partial charge is 0.338 e. The van der Waals surface area contributed by atoms with Gasteiger partial charge in [-0.25, -0.2) is 0 Å². The number of carbonyl (C=O) groups excluding carboxylic acids is 1. The van der Waals surface area contributed by atoms with Gasteiger partial charge in [-0.1, -0.05) is 6.92 Å². The first-order chi connectivity index (χ1) is 11.6. The number of carbonyl (C=O) groups is 1. The smallest absolute Gasteiger partial charge is 0.223 e. The average Bonchev–Trinajstić information content (AvgIpc) is 3.22. The van der Waals surface area contributed by atoms with Gasteiger partial charge in [-0.3, -0.25) is 4.79 Å². The van der Waals surface area contributed by atoms with Gasteiger partial charge in [-0.15, -0.1) is 12.3 Å². The van der Waals surface area contributed by atoms with Crippen LogP contribution in [0.2, 0.25) is 0 Å². The second-order valence-corrected chi connectivity index (χ2v) is 7.75. The normalized spacial score (nSPS) is 26.5. The van der Waals surface area contributed by atoms with Crippen molar-refractivity contribution < 1.29 is 4.79 Å². The molecular weight excluding hydrogens is 300 g/mol. The predicted octanol–water partition coefficient (Wildman–Crippen LogP) is 3.07. The molecule has 2 saturated heterocycles. The molecule has 3 heterocycles. The van der Waals surface area contributed by atoms with Gasteiger partial charge in [-0.05, 0) is 44.7 Å². The first kappa shape index (κ1) is 17.4. The van der Waals surface area contributed by atoms with Crippen LogP contribution in [0.5, 0.6) is 0 Å². The van der Waals surface area contributed by atoms with Crippen LogP contribution in [0.4, 0.5) is 0 Å². The van der Waals surface area contributed by atoms with Crippen LogP contribution in [-0.2, 0) is 4.79 Å². The predicted molar refractivity (Wildman–Crippen MR) is 94.5 cm³/mol. The van der Waals surface area contributed by atoms with Gasteiger partial charge in [-0.2, -0.15) is 10.2 Å². The Kier molecular flexibility index (Phi) is 5.55. The highest BCUT2D eigenvalue weighted by molar-refractivity contribution is 5.77. The molecule has 3 aliphatic rings. The van der Waals surface area contributed by atoms with E-state index in [1.807, 2.05) is 0 Å². The fourth-order valence-corrected chi connectivity index (χ4v) is 4.02. The Labute approximate surface area is 145 Å². The number of hydrogen-bond acceptors (Lipinski definition) is 4. The Balaban J connectivity index is 1.44. The summed E-state index contributed by atoms with van der Waals surface area (Å²) in [5.74, 6) is 3.77. The van der Waals surface area contributed by atoms with Gasteiger partial charge < -0.3 is 9.80 Å². The van der Waals surface area contributed by atoms with Gasteiger partial charge >= 0.3 is 0 Å². The summed E-state index contributed by atoms with van der Waals surface area (Å²) in [5.41, 5.74) is -0.333. The van der Waals surface area contributed by atoms with Crippen molar-refractivity contribution in [3.8, 4) is 12.3 Å². The molecule has 0 bridgehead atoms. The topological polar surface area (TPSA) is 48.3 Å². The molecule has 1 unspecified atom stereocenters. The van der Waals surface area contributed by atoms with E-state index in [4.69, 9.17) is 6.42 Å². The van der Waals surface area contributed by atoms with Crippen LogP contribution in [-0.4, -0.2) is 53.6 Å². The lowest BCUT2D eigenvalue weighted by Gasteiger charge is -2.35. The zero-order valence-corrected chi connectivity index (χ0v) is 14.9. The third kappa shape index (κ3) is 4.36. The summed E-state index contributed by atoms with van der Waals surface area (Å²) >= 11 is 0. The molecule has 2 fully saturated rings. The first-order valence-electron chi connectivity index (χ1n) is 9.51. The molecule has 132 valence electrons. The van der Waals surface area contributed by atoms with E-state index in [0.717, 1.165) is 44.7 Å². The summed E-state index contributed by atoms with van der Waals surface area (Å²) in [6.07, 6.45) is 12.9. The van der Waals surface area contributed by atoms with E-state index in [-0.39, 0.29) is 11.6 Å². The second-order valence-electron chi connectivity index (χ2n) is 7.75. The lowest BCUT2D eigenvalue weighted by molar-refractivity contribution is -0.132. The molecule has 0 saturated carbocycles. The molecule has 0 spiro atoms. The number of terminal acetylenes is 1. The third-order valence-electron chi connectivity index (χ3n) is 5.83. The van der Waals surface area contributed by atoms with Crippen molar-refractivity contribution in [3.05, 3.63) is 0 Å². The van der Waals surface area contributed by atoms with Gasteiger partial charge in [0.25, 0.3) is 0 Å². The van der Waals surface area contributed by atoms with Crippen molar-refractivity contribution in [2.45, 2.75) is 70.0 Å². The van der Waals surface area contributed by atoms with Crippen LogP contribution < -0.4 is 0 Å². The molecule has 0 radical (unpaired) electrons. The van der Waals surface area contributed by atoms with E-state index in [1.54, 1.807) is 0 Å². The summed E-state index contributed by atoms with van der Waals surface area (Å²) in [6.45, 7) is 6.68. The summed E-state index contributed by atoms with van der Waals surface area (Å²) in [5, 5.41) is 8.28. The van der Waals surface area contributed by atoms with Gasteiger partial charge in [0.15, 0.2) is 5.66 Å². The van der Waals surface area contributed by atoms with Gasteiger partial charge in [0.2, 0.25) is 5.91 Å². The van der Waals surface area contributed by atoms with Gasteiger partial charge in [0.05, 0.1) is 0 Å². The van der Waals surface area contributed by atoms with Gasteiger partial charge in [0, 0.05) is 44.8 Å². The van der Waals surface area contributed by atoms with Crippen molar-refractivity contribution in [1.29, 1.82) is 0 Å². The fourth-order valence-electron chi connectivity index (χ4n) is 4.02. The molecule has 1 amide bonds. The van der Waals surface area contributed by atoms with E-state index in [1.165, 1.54) is 25.9 Å². The number of amides is 1. The van der Waals surface area contributed by atoms with Crippen molar-refractivity contribution in [1.82, 2.24) is 9.80 Å². The third-order valence-corrected chi connectivity index (χ3v) is 5.83. The van der Waals surface area contributed by atoms with Crippen molar-refractivity contribution in [2.75, 3.05) is 26.2 Å². The maximum atomic E-state index is 12.7. The maximum Gasteiger partial charge on any atom is 0.223 e. The minimum absolute atomic E-state index is 0.278. The minimum Gasteiger partial charge on any atom is -0.338 e. The average molecular weight is 330 g/mol. The first-order valence-corrected chi connectivity index (χ1v) is 9.51. The number of piperidine rings is 1. The number of likely N-dealkylation sites (tertiary alicyclic amines) is 2. The molecule has 0 N–H and O–H groups in total. The van der Waals surface area contributed by atoms with Crippen LogP contribution in [0.25, 0.3) is 0 Å². The fraction of sp³-hybridized carbons (Fsp3) is 0.842. The molecule has 0 aromatic carbocycles. The van der Waals surface area contributed by atoms with E-state index < -0.39 is 0 Å². The van der Waals surface area contributed by atoms with Crippen LogP contribution in [0.1, 0.15) is 58.3 Å². The lowest BCUT2D eigenvalue weighted by Crippen LogP contribution is -2.45.